The summed E-state index contributed by atoms with van der Waals surface area (Å²) in [6, 6.07) is 13.8. The van der Waals surface area contributed by atoms with E-state index in [0.29, 0.717) is 12.8 Å². The van der Waals surface area contributed by atoms with Crippen LogP contribution >= 0.6 is 0 Å². The van der Waals surface area contributed by atoms with E-state index in [1.165, 1.54) is 12.1 Å². The van der Waals surface area contributed by atoms with Gasteiger partial charge in [0.2, 0.25) is 5.91 Å². The quantitative estimate of drug-likeness (QED) is 0.677. The molecule has 1 atom stereocenters. The number of carbonyl (C=O) groups is 1. The van der Waals surface area contributed by atoms with Gasteiger partial charge in [0.15, 0.2) is 0 Å². The summed E-state index contributed by atoms with van der Waals surface area (Å²) in [6.45, 7) is 3.00. The molecule has 146 valence electrons. The number of hydrogen-bond donors (Lipinski definition) is 1. The predicted octanol–water partition coefficient (Wildman–Crippen LogP) is 4.89. The Hall–Kier alpha value is -2.63. The van der Waals surface area contributed by atoms with Crippen LogP contribution in [0.4, 0.5) is 8.78 Å². The van der Waals surface area contributed by atoms with E-state index < -0.39 is 6.61 Å². The molecule has 4 nitrogen and oxygen atoms in total. The zero-order chi connectivity index (χ0) is 19.8. The van der Waals surface area contributed by atoms with E-state index in [0.717, 1.165) is 16.9 Å². The first-order chi connectivity index (χ1) is 12.8. The molecule has 6 heteroatoms. The summed E-state index contributed by atoms with van der Waals surface area (Å²) in [4.78, 5) is 12.2. The molecule has 0 fully saturated rings. The number of hydrogen-bond acceptors (Lipinski definition) is 3. The Morgan fingerprint density at radius 3 is 2.33 bits per heavy atom. The summed E-state index contributed by atoms with van der Waals surface area (Å²) < 4.78 is 34.3. The number of carbonyl (C=O) groups excluding carboxylic acids is 1. The minimum Gasteiger partial charge on any atom is -0.491 e. The van der Waals surface area contributed by atoms with Crippen molar-refractivity contribution in [2.45, 2.75) is 52.4 Å². The molecule has 0 saturated heterocycles. The first kappa shape index (κ1) is 20.7. The zero-order valence-corrected chi connectivity index (χ0v) is 15.7. The van der Waals surface area contributed by atoms with E-state index in [9.17, 15) is 13.6 Å². The number of alkyl halides is 2. The number of nitrogens with one attached hydrogen (secondary N) is 1. The molecule has 0 saturated carbocycles. The third-order valence-electron chi connectivity index (χ3n) is 3.90. The average Bonchev–Trinajstić information content (AvgIpc) is 2.60. The Morgan fingerprint density at radius 2 is 1.70 bits per heavy atom. The second kappa shape index (κ2) is 9.90. The van der Waals surface area contributed by atoms with E-state index in [-0.39, 0.29) is 23.8 Å². The molecule has 27 heavy (non-hydrogen) atoms. The predicted molar refractivity (Wildman–Crippen MR) is 100 cm³/mol. The van der Waals surface area contributed by atoms with Crippen molar-refractivity contribution in [3.63, 3.8) is 0 Å². The molecule has 0 aromatic heterocycles. The normalized spacial score (nSPS) is 12.1. The van der Waals surface area contributed by atoms with Gasteiger partial charge in [0.1, 0.15) is 11.5 Å². The van der Waals surface area contributed by atoms with Gasteiger partial charge in [-0.25, -0.2) is 0 Å². The Balaban J connectivity index is 1.84. The van der Waals surface area contributed by atoms with Gasteiger partial charge >= 0.3 is 6.61 Å². The van der Waals surface area contributed by atoms with Crippen LogP contribution in [0.15, 0.2) is 48.5 Å². The average molecular weight is 377 g/mol. The Bertz CT molecular complexity index is 732. The molecular formula is C21H25F2NO3. The molecule has 1 amide bonds. The molecular weight excluding hydrogens is 352 g/mol. The fourth-order valence-corrected chi connectivity index (χ4v) is 2.62. The van der Waals surface area contributed by atoms with Crippen molar-refractivity contribution < 1.29 is 23.0 Å². The number of benzene rings is 2. The van der Waals surface area contributed by atoms with E-state index in [1.54, 1.807) is 12.1 Å². The maximum atomic E-state index is 12.2. The minimum atomic E-state index is -2.84. The van der Waals surface area contributed by atoms with Crippen molar-refractivity contribution in [2.75, 3.05) is 0 Å². The SMILES string of the molecule is CC(C)Oc1cccc(C(C)NC(=O)CCc2ccc(OC(F)F)cc2)c1. The molecule has 1 N–H and O–H groups in total. The molecule has 0 aliphatic carbocycles. The maximum absolute atomic E-state index is 12.2. The van der Waals surface area contributed by atoms with E-state index >= 15 is 0 Å². The summed E-state index contributed by atoms with van der Waals surface area (Å²) in [7, 11) is 0. The van der Waals surface area contributed by atoms with E-state index in [4.69, 9.17) is 4.74 Å². The highest BCUT2D eigenvalue weighted by molar-refractivity contribution is 5.76. The Labute approximate surface area is 158 Å². The van der Waals surface area contributed by atoms with Crippen molar-refractivity contribution in [2.24, 2.45) is 0 Å². The van der Waals surface area contributed by atoms with Crippen LogP contribution < -0.4 is 14.8 Å². The summed E-state index contributed by atoms with van der Waals surface area (Å²) in [5.41, 5.74) is 1.85. The summed E-state index contributed by atoms with van der Waals surface area (Å²) >= 11 is 0. The summed E-state index contributed by atoms with van der Waals surface area (Å²) in [5.74, 6) is 0.801. The van der Waals surface area contributed by atoms with Gasteiger partial charge in [-0.1, -0.05) is 24.3 Å². The van der Waals surface area contributed by atoms with Gasteiger partial charge in [-0.05, 0) is 62.6 Å². The summed E-state index contributed by atoms with van der Waals surface area (Å²) in [6.07, 6.45) is 0.911. The topological polar surface area (TPSA) is 47.6 Å². The third kappa shape index (κ3) is 7.25. The zero-order valence-electron chi connectivity index (χ0n) is 15.7. The highest BCUT2D eigenvalue weighted by Gasteiger charge is 2.11. The van der Waals surface area contributed by atoms with Crippen molar-refractivity contribution in [1.29, 1.82) is 0 Å². The molecule has 2 rings (SSSR count). The Kier molecular flexibility index (Phi) is 7.58. The van der Waals surface area contributed by atoms with Gasteiger partial charge in [0, 0.05) is 6.42 Å². The van der Waals surface area contributed by atoms with Crippen molar-refractivity contribution >= 4 is 5.91 Å². The van der Waals surface area contributed by atoms with Crippen molar-refractivity contribution in [3.05, 3.63) is 59.7 Å². The molecule has 0 aliphatic heterocycles. The largest absolute Gasteiger partial charge is 0.491 e. The molecule has 0 heterocycles. The first-order valence-corrected chi connectivity index (χ1v) is 8.93. The van der Waals surface area contributed by atoms with Gasteiger partial charge < -0.3 is 14.8 Å². The molecule has 0 spiro atoms. The fourth-order valence-electron chi connectivity index (χ4n) is 2.62. The van der Waals surface area contributed by atoms with Gasteiger partial charge in [0.05, 0.1) is 12.1 Å². The van der Waals surface area contributed by atoms with Crippen LogP contribution in [0, 0.1) is 0 Å². The number of amides is 1. The molecule has 0 bridgehead atoms. The van der Waals surface area contributed by atoms with Crippen LogP contribution in [0.5, 0.6) is 11.5 Å². The van der Waals surface area contributed by atoms with Gasteiger partial charge in [-0.15, -0.1) is 0 Å². The van der Waals surface area contributed by atoms with Crippen molar-refractivity contribution in [1.82, 2.24) is 5.32 Å². The Morgan fingerprint density at radius 1 is 1.00 bits per heavy atom. The molecule has 0 aliphatic rings. The minimum absolute atomic E-state index is 0.0782. The molecule has 2 aromatic rings. The monoisotopic (exact) mass is 377 g/mol. The lowest BCUT2D eigenvalue weighted by atomic mass is 10.1. The lowest BCUT2D eigenvalue weighted by molar-refractivity contribution is -0.121. The van der Waals surface area contributed by atoms with E-state index in [1.807, 2.05) is 45.0 Å². The molecule has 2 aromatic carbocycles. The first-order valence-electron chi connectivity index (χ1n) is 8.93. The fraction of sp³-hybridized carbons (Fsp3) is 0.381. The number of rotatable bonds is 9. The lowest BCUT2D eigenvalue weighted by Crippen LogP contribution is -2.26. The number of halogens is 2. The maximum Gasteiger partial charge on any atom is 0.387 e. The number of aryl methyl sites for hydroxylation is 1. The molecule has 0 radical (unpaired) electrons. The van der Waals surface area contributed by atoms with Crippen LogP contribution in [0.25, 0.3) is 0 Å². The standard InChI is InChI=1S/C21H25F2NO3/c1-14(2)26-19-6-4-5-17(13-19)15(3)24-20(25)12-9-16-7-10-18(11-8-16)27-21(22)23/h4-8,10-11,13-15,21H,9,12H2,1-3H3,(H,24,25). The molecule has 1 unspecified atom stereocenters. The second-order valence-corrected chi connectivity index (χ2v) is 6.55. The second-order valence-electron chi connectivity index (χ2n) is 6.55. The third-order valence-corrected chi connectivity index (χ3v) is 3.90. The highest BCUT2D eigenvalue weighted by atomic mass is 19.3. The van der Waals surface area contributed by atoms with Gasteiger partial charge in [-0.3, -0.25) is 4.79 Å². The van der Waals surface area contributed by atoms with Crippen molar-refractivity contribution in [3.8, 4) is 11.5 Å². The van der Waals surface area contributed by atoms with Gasteiger partial charge in [-0.2, -0.15) is 8.78 Å². The smallest absolute Gasteiger partial charge is 0.387 e. The van der Waals surface area contributed by atoms with Crippen LogP contribution in [0.3, 0.4) is 0 Å². The van der Waals surface area contributed by atoms with Crippen LogP contribution in [0.1, 0.15) is 44.4 Å². The van der Waals surface area contributed by atoms with Crippen LogP contribution in [-0.4, -0.2) is 18.6 Å². The summed E-state index contributed by atoms with van der Waals surface area (Å²) in [5, 5.41) is 2.97. The van der Waals surface area contributed by atoms with E-state index in [2.05, 4.69) is 10.1 Å². The lowest BCUT2D eigenvalue weighted by Gasteiger charge is -2.16. The van der Waals surface area contributed by atoms with Crippen LogP contribution in [0.2, 0.25) is 0 Å². The number of ether oxygens (including phenoxy) is 2. The van der Waals surface area contributed by atoms with Gasteiger partial charge in [0.25, 0.3) is 0 Å². The van der Waals surface area contributed by atoms with Crippen LogP contribution in [-0.2, 0) is 11.2 Å². The highest BCUT2D eigenvalue weighted by Crippen LogP contribution is 2.20.